The molecule has 4 nitrogen and oxygen atoms in total. The van der Waals surface area contributed by atoms with Gasteiger partial charge in [0.05, 0.1) is 6.10 Å². The molecule has 98 valence electrons. The smallest absolute Gasteiger partial charge is 0.161 e. The zero-order valence-electron chi connectivity index (χ0n) is 11.0. The number of hydrogen-bond donors (Lipinski definition) is 1. The second-order valence-corrected chi connectivity index (χ2v) is 4.75. The summed E-state index contributed by atoms with van der Waals surface area (Å²) in [7, 11) is 1.76. The van der Waals surface area contributed by atoms with Crippen LogP contribution in [0.3, 0.4) is 0 Å². The Morgan fingerprint density at radius 2 is 2.06 bits per heavy atom. The molecule has 0 aromatic heterocycles. The number of nitrogens with two attached hydrogens (primary N) is 1. The van der Waals surface area contributed by atoms with Crippen molar-refractivity contribution in [3.63, 3.8) is 0 Å². The zero-order valence-corrected chi connectivity index (χ0v) is 11.0. The number of hydrogen-bond acceptors (Lipinski definition) is 4. The van der Waals surface area contributed by atoms with Crippen LogP contribution in [0.25, 0.3) is 0 Å². The molecule has 0 unspecified atom stereocenters. The quantitative estimate of drug-likeness (QED) is 0.657. The summed E-state index contributed by atoms with van der Waals surface area (Å²) in [6, 6.07) is 5.69. The first-order valence-electron chi connectivity index (χ1n) is 6.30. The van der Waals surface area contributed by atoms with Crippen LogP contribution >= 0.6 is 0 Å². The van der Waals surface area contributed by atoms with Gasteiger partial charge in [-0.15, -0.1) is 0 Å². The highest BCUT2D eigenvalue weighted by Gasteiger charge is 2.19. The van der Waals surface area contributed by atoms with Gasteiger partial charge in [-0.05, 0) is 38.0 Å². The van der Waals surface area contributed by atoms with Gasteiger partial charge in [-0.2, -0.15) is 0 Å². The molecule has 1 aromatic carbocycles. The molecule has 0 spiro atoms. The van der Waals surface area contributed by atoms with Crippen LogP contribution < -0.4 is 10.6 Å². The zero-order chi connectivity index (χ0) is 13.1. The monoisotopic (exact) mass is 248 g/mol. The first-order valence-corrected chi connectivity index (χ1v) is 6.30. The highest BCUT2D eigenvalue weighted by molar-refractivity contribution is 6.00. The van der Waals surface area contributed by atoms with Crippen LogP contribution in [0.15, 0.2) is 18.2 Å². The lowest BCUT2D eigenvalue weighted by molar-refractivity contribution is 0.0819. The number of piperidine rings is 1. The Bertz CT molecular complexity index is 437. The number of Topliss-reactive ketones (excluding diaryl/α,β-unsaturated/α-hetero) is 1. The maximum absolute atomic E-state index is 11.5. The lowest BCUT2D eigenvalue weighted by Gasteiger charge is -2.33. The van der Waals surface area contributed by atoms with Crippen molar-refractivity contribution in [3.05, 3.63) is 23.8 Å². The standard InChI is InChI=1S/C14H20N2O2/c1-10(17)13-9-11(3-4-14(13)15)16-7-5-12(18-2)6-8-16/h3-4,9,12H,5-8,15H2,1-2H3. The van der Waals surface area contributed by atoms with E-state index >= 15 is 0 Å². The van der Waals surface area contributed by atoms with Crippen LogP contribution in [-0.4, -0.2) is 32.1 Å². The average molecular weight is 248 g/mol. The molecular weight excluding hydrogens is 228 g/mol. The summed E-state index contributed by atoms with van der Waals surface area (Å²) in [5.41, 5.74) is 8.04. The third kappa shape index (κ3) is 2.64. The van der Waals surface area contributed by atoms with Crippen molar-refractivity contribution in [2.24, 2.45) is 0 Å². The molecule has 1 aliphatic rings. The van der Waals surface area contributed by atoms with Crippen LogP contribution in [0.4, 0.5) is 11.4 Å². The fourth-order valence-electron chi connectivity index (χ4n) is 2.40. The number of nitrogens with zero attached hydrogens (tertiary/aromatic N) is 1. The van der Waals surface area contributed by atoms with Gasteiger partial charge < -0.3 is 15.4 Å². The van der Waals surface area contributed by atoms with Gasteiger partial charge in [0.25, 0.3) is 0 Å². The van der Waals surface area contributed by atoms with Crippen LogP contribution in [-0.2, 0) is 4.74 Å². The molecule has 2 rings (SSSR count). The summed E-state index contributed by atoms with van der Waals surface area (Å²) >= 11 is 0. The second kappa shape index (κ2) is 5.40. The minimum absolute atomic E-state index is 0.0149. The molecule has 1 aromatic rings. The summed E-state index contributed by atoms with van der Waals surface area (Å²) in [6.45, 7) is 3.46. The van der Waals surface area contributed by atoms with E-state index in [4.69, 9.17) is 10.5 Å². The minimum atomic E-state index is 0.0149. The van der Waals surface area contributed by atoms with Crippen LogP contribution in [0.2, 0.25) is 0 Å². The molecule has 0 radical (unpaired) electrons. The van der Waals surface area contributed by atoms with Crippen molar-refractivity contribution >= 4 is 17.2 Å². The van der Waals surface area contributed by atoms with Gasteiger partial charge in [-0.3, -0.25) is 4.79 Å². The van der Waals surface area contributed by atoms with E-state index in [1.807, 2.05) is 18.2 Å². The Labute approximate surface area is 108 Å². The summed E-state index contributed by atoms with van der Waals surface area (Å²) in [5.74, 6) is 0.0149. The van der Waals surface area contributed by atoms with Crippen LogP contribution in [0.5, 0.6) is 0 Å². The highest BCUT2D eigenvalue weighted by atomic mass is 16.5. The molecule has 1 fully saturated rings. The van der Waals surface area contributed by atoms with E-state index in [-0.39, 0.29) is 5.78 Å². The molecule has 1 saturated heterocycles. The third-order valence-corrected chi connectivity index (χ3v) is 3.56. The van der Waals surface area contributed by atoms with Gasteiger partial charge >= 0.3 is 0 Å². The molecule has 1 aliphatic heterocycles. The molecule has 4 heteroatoms. The second-order valence-electron chi connectivity index (χ2n) is 4.75. The Balaban J connectivity index is 2.15. The van der Waals surface area contributed by atoms with Gasteiger partial charge in [0.1, 0.15) is 0 Å². The summed E-state index contributed by atoms with van der Waals surface area (Å²) in [4.78, 5) is 13.8. The normalized spacial score (nSPS) is 16.9. The molecule has 0 bridgehead atoms. The molecular formula is C14H20N2O2. The van der Waals surface area contributed by atoms with Gasteiger partial charge in [0.2, 0.25) is 0 Å². The van der Waals surface area contributed by atoms with E-state index in [2.05, 4.69) is 4.90 Å². The van der Waals surface area contributed by atoms with Crippen molar-refractivity contribution in [1.29, 1.82) is 0 Å². The van der Waals surface area contributed by atoms with Crippen molar-refractivity contribution < 1.29 is 9.53 Å². The number of anilines is 2. The van der Waals surface area contributed by atoms with Crippen molar-refractivity contribution in [2.75, 3.05) is 30.8 Å². The average Bonchev–Trinajstić information content (AvgIpc) is 2.39. The van der Waals surface area contributed by atoms with Crippen LogP contribution in [0.1, 0.15) is 30.1 Å². The predicted octanol–water partition coefficient (Wildman–Crippen LogP) is 2.09. The number of methoxy groups -OCH3 is 1. The van der Waals surface area contributed by atoms with E-state index in [0.29, 0.717) is 17.4 Å². The van der Waals surface area contributed by atoms with E-state index in [1.165, 1.54) is 0 Å². The van der Waals surface area contributed by atoms with Gasteiger partial charge in [-0.25, -0.2) is 0 Å². The van der Waals surface area contributed by atoms with Crippen molar-refractivity contribution in [2.45, 2.75) is 25.9 Å². The van der Waals surface area contributed by atoms with E-state index in [0.717, 1.165) is 31.6 Å². The SMILES string of the molecule is COC1CCN(c2ccc(N)c(C(C)=O)c2)CC1. The first kappa shape index (κ1) is 12.9. The molecule has 2 N–H and O–H groups in total. The Morgan fingerprint density at radius 1 is 1.39 bits per heavy atom. The maximum Gasteiger partial charge on any atom is 0.161 e. The van der Waals surface area contributed by atoms with Gasteiger partial charge in [0, 0.05) is 37.1 Å². The minimum Gasteiger partial charge on any atom is -0.398 e. The number of carbonyl (C=O) groups is 1. The third-order valence-electron chi connectivity index (χ3n) is 3.56. The van der Waals surface area contributed by atoms with Crippen LogP contribution in [0, 0.1) is 0 Å². The lowest BCUT2D eigenvalue weighted by Crippen LogP contribution is -2.36. The number of rotatable bonds is 3. The molecule has 0 saturated carbocycles. The number of carbonyl (C=O) groups excluding carboxylic acids is 1. The molecule has 18 heavy (non-hydrogen) atoms. The van der Waals surface area contributed by atoms with E-state index in [1.54, 1.807) is 14.0 Å². The number of ketones is 1. The topological polar surface area (TPSA) is 55.6 Å². The molecule has 0 atom stereocenters. The number of benzene rings is 1. The summed E-state index contributed by atoms with van der Waals surface area (Å²) < 4.78 is 5.36. The van der Waals surface area contributed by atoms with Crippen molar-refractivity contribution in [1.82, 2.24) is 0 Å². The van der Waals surface area contributed by atoms with Crippen molar-refractivity contribution in [3.8, 4) is 0 Å². The Kier molecular flexibility index (Phi) is 3.87. The van der Waals surface area contributed by atoms with Gasteiger partial charge in [0.15, 0.2) is 5.78 Å². The predicted molar refractivity (Wildman–Crippen MR) is 73.1 cm³/mol. The van der Waals surface area contributed by atoms with E-state index in [9.17, 15) is 4.79 Å². The number of nitrogen functional groups attached to an aromatic ring is 1. The van der Waals surface area contributed by atoms with E-state index < -0.39 is 0 Å². The molecule has 0 aliphatic carbocycles. The summed E-state index contributed by atoms with van der Waals surface area (Å²) in [6.07, 6.45) is 2.41. The Morgan fingerprint density at radius 3 is 2.61 bits per heavy atom. The number of ether oxygens (including phenoxy) is 1. The molecule has 1 heterocycles. The molecule has 0 amide bonds. The fourth-order valence-corrected chi connectivity index (χ4v) is 2.40. The lowest BCUT2D eigenvalue weighted by atomic mass is 10.0. The Hall–Kier alpha value is -1.55. The maximum atomic E-state index is 11.5. The fraction of sp³-hybridized carbons (Fsp3) is 0.500. The first-order chi connectivity index (χ1) is 8.61. The largest absolute Gasteiger partial charge is 0.398 e. The summed E-state index contributed by atoms with van der Waals surface area (Å²) in [5, 5.41) is 0. The van der Waals surface area contributed by atoms with Gasteiger partial charge in [-0.1, -0.05) is 0 Å². The highest BCUT2D eigenvalue weighted by Crippen LogP contribution is 2.25.